The lowest BCUT2D eigenvalue weighted by Crippen LogP contribution is -2.45. The van der Waals surface area contributed by atoms with Crippen molar-refractivity contribution in [1.29, 1.82) is 0 Å². The molecule has 6 heteroatoms. The molecule has 0 radical (unpaired) electrons. The number of nitrogens with one attached hydrogen (secondary N) is 1. The molecule has 19 heavy (non-hydrogen) atoms. The third-order valence-corrected chi connectivity index (χ3v) is 3.03. The van der Waals surface area contributed by atoms with Gasteiger partial charge < -0.3 is 15.2 Å². The van der Waals surface area contributed by atoms with Crippen molar-refractivity contribution in [2.75, 3.05) is 7.11 Å². The van der Waals surface area contributed by atoms with Gasteiger partial charge in [0.1, 0.15) is 6.04 Å². The second kappa shape index (κ2) is 9.35. The second-order valence-corrected chi connectivity index (χ2v) is 4.55. The Labute approximate surface area is 113 Å². The van der Waals surface area contributed by atoms with Gasteiger partial charge in [0, 0.05) is 12.8 Å². The van der Waals surface area contributed by atoms with Crippen LogP contribution in [-0.4, -0.2) is 36.1 Å². The van der Waals surface area contributed by atoms with E-state index in [4.69, 9.17) is 5.11 Å². The van der Waals surface area contributed by atoms with Gasteiger partial charge in [0.25, 0.3) is 0 Å². The Morgan fingerprint density at radius 3 is 2.26 bits per heavy atom. The standard InChI is InChI=1S/C13H23NO5/c1-4-9(2)12(13(18)19-3)14-10(15)7-5-6-8-11(16)17/h9,12H,4-8H2,1-3H3,(H,14,15)(H,16,17). The zero-order valence-electron chi connectivity index (χ0n) is 11.8. The molecular weight excluding hydrogens is 250 g/mol. The van der Waals surface area contributed by atoms with Crippen LogP contribution >= 0.6 is 0 Å². The molecule has 2 unspecified atom stereocenters. The maximum Gasteiger partial charge on any atom is 0.328 e. The van der Waals surface area contributed by atoms with E-state index in [9.17, 15) is 14.4 Å². The molecule has 0 aromatic rings. The zero-order valence-corrected chi connectivity index (χ0v) is 11.8. The number of amides is 1. The molecule has 0 spiro atoms. The van der Waals surface area contributed by atoms with E-state index in [0.29, 0.717) is 12.8 Å². The van der Waals surface area contributed by atoms with Crippen molar-refractivity contribution >= 4 is 17.8 Å². The van der Waals surface area contributed by atoms with Crippen LogP contribution in [0, 0.1) is 5.92 Å². The largest absolute Gasteiger partial charge is 0.481 e. The van der Waals surface area contributed by atoms with E-state index in [1.165, 1.54) is 7.11 Å². The van der Waals surface area contributed by atoms with Crippen LogP contribution in [0.25, 0.3) is 0 Å². The molecule has 0 heterocycles. The summed E-state index contributed by atoms with van der Waals surface area (Å²) in [4.78, 5) is 33.5. The van der Waals surface area contributed by atoms with Gasteiger partial charge >= 0.3 is 11.9 Å². The average Bonchev–Trinajstić information content (AvgIpc) is 2.39. The number of carbonyl (C=O) groups is 3. The molecule has 0 bridgehead atoms. The van der Waals surface area contributed by atoms with Gasteiger partial charge in [-0.05, 0) is 18.8 Å². The van der Waals surface area contributed by atoms with Gasteiger partial charge in [-0.2, -0.15) is 0 Å². The molecule has 0 saturated carbocycles. The first-order valence-corrected chi connectivity index (χ1v) is 6.51. The Morgan fingerprint density at radius 2 is 1.79 bits per heavy atom. The van der Waals surface area contributed by atoms with Crippen LogP contribution in [0.5, 0.6) is 0 Å². The molecule has 6 nitrogen and oxygen atoms in total. The highest BCUT2D eigenvalue weighted by Crippen LogP contribution is 2.10. The van der Waals surface area contributed by atoms with Gasteiger partial charge in [-0.25, -0.2) is 4.79 Å². The number of aliphatic carboxylic acids is 1. The van der Waals surface area contributed by atoms with Crippen molar-refractivity contribution < 1.29 is 24.2 Å². The van der Waals surface area contributed by atoms with Crippen LogP contribution in [0.1, 0.15) is 46.0 Å². The first-order chi connectivity index (χ1) is 8.92. The Kier molecular flexibility index (Phi) is 8.57. The lowest BCUT2D eigenvalue weighted by atomic mass is 9.99. The summed E-state index contributed by atoms with van der Waals surface area (Å²) in [6.45, 7) is 3.80. The number of esters is 1. The lowest BCUT2D eigenvalue weighted by Gasteiger charge is -2.21. The van der Waals surface area contributed by atoms with E-state index in [1.54, 1.807) is 0 Å². The number of carboxylic acids is 1. The minimum absolute atomic E-state index is 0.00424. The van der Waals surface area contributed by atoms with Crippen LogP contribution in [0.2, 0.25) is 0 Å². The summed E-state index contributed by atoms with van der Waals surface area (Å²) in [7, 11) is 1.29. The zero-order chi connectivity index (χ0) is 14.8. The van der Waals surface area contributed by atoms with Gasteiger partial charge in [0.2, 0.25) is 5.91 Å². The predicted octanol–water partition coefficient (Wildman–Crippen LogP) is 1.34. The fourth-order valence-corrected chi connectivity index (χ4v) is 1.60. The van der Waals surface area contributed by atoms with Crippen LogP contribution in [0.15, 0.2) is 0 Å². The van der Waals surface area contributed by atoms with Crippen LogP contribution in [0.3, 0.4) is 0 Å². The highest BCUT2D eigenvalue weighted by molar-refractivity contribution is 5.84. The number of carbonyl (C=O) groups excluding carboxylic acids is 2. The molecule has 0 aromatic heterocycles. The van der Waals surface area contributed by atoms with Gasteiger partial charge in [-0.1, -0.05) is 20.3 Å². The molecule has 1 amide bonds. The van der Waals surface area contributed by atoms with Crippen LogP contribution < -0.4 is 5.32 Å². The van der Waals surface area contributed by atoms with Crippen LogP contribution in [-0.2, 0) is 19.1 Å². The van der Waals surface area contributed by atoms with Crippen LogP contribution in [0.4, 0.5) is 0 Å². The molecule has 0 aliphatic heterocycles. The summed E-state index contributed by atoms with van der Waals surface area (Å²) < 4.78 is 4.66. The third kappa shape index (κ3) is 7.43. The number of rotatable bonds is 9. The SMILES string of the molecule is CCC(C)C(NC(=O)CCCCC(=O)O)C(=O)OC. The van der Waals surface area contributed by atoms with Crippen molar-refractivity contribution in [3.05, 3.63) is 0 Å². The number of ether oxygens (including phenoxy) is 1. The molecule has 0 aliphatic rings. The van der Waals surface area contributed by atoms with E-state index in [0.717, 1.165) is 6.42 Å². The molecule has 0 saturated heterocycles. The molecule has 0 aromatic carbocycles. The highest BCUT2D eigenvalue weighted by atomic mass is 16.5. The van der Waals surface area contributed by atoms with Crippen molar-refractivity contribution in [2.24, 2.45) is 5.92 Å². The number of hydrogen-bond donors (Lipinski definition) is 2. The minimum atomic E-state index is -0.868. The second-order valence-electron chi connectivity index (χ2n) is 4.55. The molecule has 110 valence electrons. The quantitative estimate of drug-likeness (QED) is 0.488. The fourth-order valence-electron chi connectivity index (χ4n) is 1.60. The van der Waals surface area contributed by atoms with Gasteiger partial charge in [0.15, 0.2) is 0 Å². The molecule has 0 rings (SSSR count). The van der Waals surface area contributed by atoms with Crippen molar-refractivity contribution in [1.82, 2.24) is 5.32 Å². The Bertz CT molecular complexity index is 316. The van der Waals surface area contributed by atoms with E-state index in [-0.39, 0.29) is 24.7 Å². The first kappa shape index (κ1) is 17.4. The van der Waals surface area contributed by atoms with Crippen molar-refractivity contribution in [3.63, 3.8) is 0 Å². The summed E-state index contributed by atoms with van der Waals surface area (Å²) in [6, 6.07) is -0.637. The molecule has 2 N–H and O–H groups in total. The Balaban J connectivity index is 4.17. The number of carboxylic acid groups (broad SMARTS) is 1. The van der Waals surface area contributed by atoms with Gasteiger partial charge in [-0.3, -0.25) is 9.59 Å². The lowest BCUT2D eigenvalue weighted by molar-refractivity contribution is -0.146. The van der Waals surface area contributed by atoms with E-state index in [1.807, 2.05) is 13.8 Å². The predicted molar refractivity (Wildman–Crippen MR) is 69.5 cm³/mol. The summed E-state index contributed by atoms with van der Waals surface area (Å²) in [6.07, 6.45) is 1.97. The monoisotopic (exact) mass is 273 g/mol. The minimum Gasteiger partial charge on any atom is -0.481 e. The fraction of sp³-hybridized carbons (Fsp3) is 0.769. The maximum atomic E-state index is 11.7. The topological polar surface area (TPSA) is 92.7 Å². The Hall–Kier alpha value is -1.59. The summed E-state index contributed by atoms with van der Waals surface area (Å²) in [5, 5.41) is 11.1. The third-order valence-electron chi connectivity index (χ3n) is 3.03. The average molecular weight is 273 g/mol. The van der Waals surface area contributed by atoms with E-state index >= 15 is 0 Å². The maximum absolute atomic E-state index is 11.7. The number of unbranched alkanes of at least 4 members (excludes halogenated alkanes) is 1. The first-order valence-electron chi connectivity index (χ1n) is 6.51. The highest BCUT2D eigenvalue weighted by Gasteiger charge is 2.26. The van der Waals surface area contributed by atoms with Crippen molar-refractivity contribution in [3.8, 4) is 0 Å². The summed E-state index contributed by atoms with van der Waals surface area (Å²) >= 11 is 0. The normalized spacial score (nSPS) is 13.4. The molecule has 0 aliphatic carbocycles. The summed E-state index contributed by atoms with van der Waals surface area (Å²) in [5.74, 6) is -1.57. The van der Waals surface area contributed by atoms with Crippen molar-refractivity contribution in [2.45, 2.75) is 52.0 Å². The van der Waals surface area contributed by atoms with Gasteiger partial charge in [-0.15, -0.1) is 0 Å². The number of hydrogen-bond acceptors (Lipinski definition) is 4. The van der Waals surface area contributed by atoms with E-state index in [2.05, 4.69) is 10.1 Å². The Morgan fingerprint density at radius 1 is 1.21 bits per heavy atom. The number of methoxy groups -OCH3 is 1. The molecular formula is C13H23NO5. The van der Waals surface area contributed by atoms with E-state index < -0.39 is 18.0 Å². The smallest absolute Gasteiger partial charge is 0.328 e. The molecule has 2 atom stereocenters. The van der Waals surface area contributed by atoms with Gasteiger partial charge in [0.05, 0.1) is 7.11 Å². The summed E-state index contributed by atoms with van der Waals surface area (Å²) in [5.41, 5.74) is 0. The molecule has 0 fully saturated rings.